The number of nitrogens with zero attached hydrogens (tertiary/aromatic N) is 2. The lowest BCUT2D eigenvalue weighted by Gasteiger charge is -2.36. The Labute approximate surface area is 152 Å². The van der Waals surface area contributed by atoms with E-state index in [4.69, 9.17) is 0 Å². The van der Waals surface area contributed by atoms with Gasteiger partial charge in [-0.25, -0.2) is 0 Å². The van der Waals surface area contributed by atoms with Crippen molar-refractivity contribution in [3.8, 4) is 0 Å². The third kappa shape index (κ3) is 5.58. The molecule has 1 N–H and O–H groups in total. The van der Waals surface area contributed by atoms with Gasteiger partial charge in [-0.3, -0.25) is 4.90 Å². The van der Waals surface area contributed by atoms with Crippen LogP contribution >= 0.6 is 0 Å². The molecule has 1 saturated heterocycles. The third-order valence-electron chi connectivity index (χ3n) is 4.96. The minimum atomic E-state index is 0.977. The van der Waals surface area contributed by atoms with Gasteiger partial charge in [0.05, 0.1) is 0 Å². The molecule has 1 aliphatic rings. The molecular formula is C22H31N3. The van der Waals surface area contributed by atoms with Gasteiger partial charge in [-0.1, -0.05) is 55.8 Å². The zero-order valence-electron chi connectivity index (χ0n) is 15.5. The van der Waals surface area contributed by atoms with Crippen LogP contribution in [0.25, 0.3) is 0 Å². The fraction of sp³-hybridized carbons (Fsp3) is 0.455. The van der Waals surface area contributed by atoms with E-state index in [1.165, 1.54) is 29.7 Å². The van der Waals surface area contributed by atoms with Gasteiger partial charge in [-0.15, -0.1) is 0 Å². The Kier molecular flexibility index (Phi) is 6.89. The number of unbranched alkanes of at least 4 members (excludes halogenated alkanes) is 1. The van der Waals surface area contributed by atoms with Crippen LogP contribution in [0.3, 0.4) is 0 Å². The quantitative estimate of drug-likeness (QED) is 0.737. The van der Waals surface area contributed by atoms with Crippen LogP contribution in [0.5, 0.6) is 0 Å². The second-order valence-electron chi connectivity index (χ2n) is 6.95. The molecule has 1 heterocycles. The van der Waals surface area contributed by atoms with E-state index >= 15 is 0 Å². The first kappa shape index (κ1) is 18.0. The number of hydrogen-bond acceptors (Lipinski definition) is 3. The Bertz CT molecular complexity index is 601. The molecule has 3 nitrogen and oxygen atoms in total. The summed E-state index contributed by atoms with van der Waals surface area (Å²) in [5, 5.41) is 3.51. The molecule has 0 saturated carbocycles. The van der Waals surface area contributed by atoms with Crippen LogP contribution in [0.2, 0.25) is 0 Å². The van der Waals surface area contributed by atoms with Crippen LogP contribution in [0, 0.1) is 0 Å². The molecule has 1 fully saturated rings. The minimum Gasteiger partial charge on any atom is -0.369 e. The molecule has 0 aliphatic carbocycles. The second-order valence-corrected chi connectivity index (χ2v) is 6.95. The Balaban J connectivity index is 1.44. The van der Waals surface area contributed by atoms with Gasteiger partial charge in [0.25, 0.3) is 0 Å². The molecule has 2 aromatic rings. The second kappa shape index (κ2) is 9.59. The zero-order chi connectivity index (χ0) is 17.3. The van der Waals surface area contributed by atoms with E-state index in [2.05, 4.69) is 76.6 Å². The van der Waals surface area contributed by atoms with Crippen molar-refractivity contribution in [3.63, 3.8) is 0 Å². The summed E-state index contributed by atoms with van der Waals surface area (Å²) in [6, 6.07) is 19.9. The highest BCUT2D eigenvalue weighted by atomic mass is 15.3. The lowest BCUT2D eigenvalue weighted by atomic mass is 10.1. The van der Waals surface area contributed by atoms with E-state index < -0.39 is 0 Å². The van der Waals surface area contributed by atoms with Crippen molar-refractivity contribution in [3.05, 3.63) is 65.7 Å². The Morgan fingerprint density at radius 2 is 1.56 bits per heavy atom. The third-order valence-corrected chi connectivity index (χ3v) is 4.96. The largest absolute Gasteiger partial charge is 0.369 e. The molecule has 0 bridgehead atoms. The van der Waals surface area contributed by atoms with Gasteiger partial charge in [0, 0.05) is 45.0 Å². The van der Waals surface area contributed by atoms with E-state index in [9.17, 15) is 0 Å². The van der Waals surface area contributed by atoms with Crippen LogP contribution in [0.1, 0.15) is 30.9 Å². The summed E-state index contributed by atoms with van der Waals surface area (Å²) < 4.78 is 0. The highest BCUT2D eigenvalue weighted by Gasteiger charge is 2.17. The minimum absolute atomic E-state index is 0.977. The highest BCUT2D eigenvalue weighted by molar-refractivity contribution is 5.48. The van der Waals surface area contributed by atoms with Gasteiger partial charge in [-0.05, 0) is 36.2 Å². The summed E-state index contributed by atoms with van der Waals surface area (Å²) in [6.07, 6.45) is 2.51. The molecule has 1 aliphatic heterocycles. The number of benzene rings is 2. The summed E-state index contributed by atoms with van der Waals surface area (Å²) in [5.41, 5.74) is 4.15. The number of nitrogens with one attached hydrogen (secondary N) is 1. The molecular weight excluding hydrogens is 306 g/mol. The smallest absolute Gasteiger partial charge is 0.0367 e. The molecule has 2 aromatic carbocycles. The lowest BCUT2D eigenvalue weighted by Crippen LogP contribution is -2.45. The van der Waals surface area contributed by atoms with Crippen LogP contribution in [-0.4, -0.2) is 37.6 Å². The van der Waals surface area contributed by atoms with E-state index in [0.717, 1.165) is 45.8 Å². The maximum absolute atomic E-state index is 3.51. The first-order valence-electron chi connectivity index (χ1n) is 9.66. The summed E-state index contributed by atoms with van der Waals surface area (Å²) in [4.78, 5) is 5.06. The van der Waals surface area contributed by atoms with Crippen LogP contribution in [0.15, 0.2) is 54.6 Å². The average molecular weight is 338 g/mol. The molecule has 0 aromatic heterocycles. The number of hydrogen-bond donors (Lipinski definition) is 1. The van der Waals surface area contributed by atoms with Gasteiger partial charge in [0.1, 0.15) is 0 Å². The van der Waals surface area contributed by atoms with Crippen LogP contribution in [0.4, 0.5) is 5.69 Å². The standard InChI is InChI=1S/C22H31N3/c1-2-3-13-23-18-20-9-11-22(12-10-20)25-16-14-24(15-17-25)19-21-7-5-4-6-8-21/h4-12,23H,2-3,13-19H2,1H3. The van der Waals surface area contributed by atoms with Crippen molar-refractivity contribution in [2.45, 2.75) is 32.9 Å². The number of anilines is 1. The fourth-order valence-electron chi connectivity index (χ4n) is 3.36. The van der Waals surface area contributed by atoms with Gasteiger partial charge < -0.3 is 10.2 Å². The molecule has 3 rings (SSSR count). The Hall–Kier alpha value is -1.84. The summed E-state index contributed by atoms with van der Waals surface area (Å²) in [7, 11) is 0. The van der Waals surface area contributed by atoms with Gasteiger partial charge in [-0.2, -0.15) is 0 Å². The van der Waals surface area contributed by atoms with Crippen molar-refractivity contribution < 1.29 is 0 Å². The number of rotatable bonds is 8. The number of piperazine rings is 1. The summed E-state index contributed by atoms with van der Waals surface area (Å²) in [5.74, 6) is 0. The monoisotopic (exact) mass is 337 g/mol. The van der Waals surface area contributed by atoms with Crippen molar-refractivity contribution in [1.29, 1.82) is 0 Å². The topological polar surface area (TPSA) is 18.5 Å². The van der Waals surface area contributed by atoms with E-state index in [1.807, 2.05) is 0 Å². The van der Waals surface area contributed by atoms with Crippen molar-refractivity contribution >= 4 is 5.69 Å². The van der Waals surface area contributed by atoms with E-state index in [-0.39, 0.29) is 0 Å². The summed E-state index contributed by atoms with van der Waals surface area (Å²) >= 11 is 0. The summed E-state index contributed by atoms with van der Waals surface area (Å²) in [6.45, 7) is 9.88. The first-order valence-corrected chi connectivity index (χ1v) is 9.66. The predicted octanol–water partition coefficient (Wildman–Crippen LogP) is 3.90. The van der Waals surface area contributed by atoms with Gasteiger partial charge >= 0.3 is 0 Å². The van der Waals surface area contributed by atoms with E-state index in [1.54, 1.807) is 0 Å². The maximum Gasteiger partial charge on any atom is 0.0367 e. The van der Waals surface area contributed by atoms with Gasteiger partial charge in [0.2, 0.25) is 0 Å². The predicted molar refractivity (Wildman–Crippen MR) is 107 cm³/mol. The SMILES string of the molecule is CCCCNCc1ccc(N2CCN(Cc3ccccc3)CC2)cc1. The molecule has 0 unspecified atom stereocenters. The normalized spacial score (nSPS) is 15.5. The average Bonchev–Trinajstić information content (AvgIpc) is 2.67. The van der Waals surface area contributed by atoms with Crippen molar-refractivity contribution in [1.82, 2.24) is 10.2 Å². The first-order chi connectivity index (χ1) is 12.3. The van der Waals surface area contributed by atoms with Crippen molar-refractivity contribution in [2.75, 3.05) is 37.6 Å². The highest BCUT2D eigenvalue weighted by Crippen LogP contribution is 2.18. The van der Waals surface area contributed by atoms with Crippen LogP contribution in [-0.2, 0) is 13.1 Å². The molecule has 0 spiro atoms. The lowest BCUT2D eigenvalue weighted by molar-refractivity contribution is 0.250. The van der Waals surface area contributed by atoms with Crippen molar-refractivity contribution in [2.24, 2.45) is 0 Å². The Morgan fingerprint density at radius 1 is 0.840 bits per heavy atom. The zero-order valence-corrected chi connectivity index (χ0v) is 15.5. The molecule has 134 valence electrons. The molecule has 0 atom stereocenters. The van der Waals surface area contributed by atoms with Crippen LogP contribution < -0.4 is 10.2 Å². The maximum atomic E-state index is 3.51. The molecule has 0 radical (unpaired) electrons. The fourth-order valence-corrected chi connectivity index (χ4v) is 3.36. The van der Waals surface area contributed by atoms with E-state index in [0.29, 0.717) is 0 Å². The molecule has 0 amide bonds. The molecule has 3 heteroatoms. The van der Waals surface area contributed by atoms with Gasteiger partial charge in [0.15, 0.2) is 0 Å². The molecule has 25 heavy (non-hydrogen) atoms. The Morgan fingerprint density at radius 3 is 2.24 bits per heavy atom.